The van der Waals surface area contributed by atoms with E-state index < -0.39 is 12.2 Å². The summed E-state index contributed by atoms with van der Waals surface area (Å²) in [6.45, 7) is 8.17. The SMILES string of the molecule is CC#CC[C@H](C)[C@H](O)C=C[C@@H]1[C@H]2c3cccc(CCCCNCCC)c3O[C@H]2C[C@H]1O. The average Bonchev–Trinajstić information content (AvgIpc) is 3.27. The Labute approximate surface area is 188 Å². The molecule has 0 amide bonds. The minimum Gasteiger partial charge on any atom is -0.489 e. The molecule has 1 aromatic rings. The Morgan fingerprint density at radius 3 is 2.90 bits per heavy atom. The van der Waals surface area contributed by atoms with E-state index in [0.29, 0.717) is 12.8 Å². The first-order valence-electron chi connectivity index (χ1n) is 12.0. The molecule has 3 rings (SSSR count). The number of rotatable bonds is 11. The Bertz CT molecular complexity index is 793. The molecule has 0 spiro atoms. The maximum Gasteiger partial charge on any atom is 0.126 e. The van der Waals surface area contributed by atoms with Crippen molar-refractivity contribution in [2.45, 2.75) is 83.5 Å². The van der Waals surface area contributed by atoms with E-state index in [4.69, 9.17) is 4.74 Å². The van der Waals surface area contributed by atoms with Crippen molar-refractivity contribution < 1.29 is 14.9 Å². The first-order valence-corrected chi connectivity index (χ1v) is 12.0. The molecule has 0 bridgehead atoms. The number of nitrogens with one attached hydrogen (secondary N) is 1. The standard InChI is InChI=1S/C27H39NO3/c1-4-6-10-19(3)23(29)15-14-21-24(30)18-25-26(21)22-13-9-12-20(27(22)31-25)11-7-8-17-28-16-5-2/h9,12-15,19,21,23-26,28-30H,5,7-8,10-11,16-18H2,1-3H3/t19-,21-,23+,24+,25-,26-/m0/s1. The second kappa shape index (κ2) is 11.7. The van der Waals surface area contributed by atoms with Crippen LogP contribution in [-0.4, -0.2) is 41.6 Å². The summed E-state index contributed by atoms with van der Waals surface area (Å²) in [7, 11) is 0. The van der Waals surface area contributed by atoms with Crippen molar-refractivity contribution >= 4 is 0 Å². The van der Waals surface area contributed by atoms with Crippen LogP contribution in [0.3, 0.4) is 0 Å². The third kappa shape index (κ3) is 5.92. The highest BCUT2D eigenvalue weighted by Gasteiger charge is 2.48. The van der Waals surface area contributed by atoms with Gasteiger partial charge >= 0.3 is 0 Å². The molecule has 0 radical (unpaired) electrons. The van der Waals surface area contributed by atoms with Crippen LogP contribution in [0.5, 0.6) is 5.75 Å². The number of aryl methyl sites for hydroxylation is 1. The first-order chi connectivity index (χ1) is 15.1. The van der Waals surface area contributed by atoms with Crippen molar-refractivity contribution in [3.63, 3.8) is 0 Å². The first kappa shape index (κ1) is 23.9. The van der Waals surface area contributed by atoms with Crippen LogP contribution in [0.2, 0.25) is 0 Å². The van der Waals surface area contributed by atoms with Gasteiger partial charge in [-0.25, -0.2) is 0 Å². The Kier molecular flexibility index (Phi) is 9.02. The van der Waals surface area contributed by atoms with E-state index in [1.54, 1.807) is 0 Å². The average molecular weight is 426 g/mol. The Balaban J connectivity index is 1.65. The molecular formula is C27H39NO3. The van der Waals surface area contributed by atoms with Gasteiger partial charge in [-0.05, 0) is 57.2 Å². The quantitative estimate of drug-likeness (QED) is 0.282. The van der Waals surface area contributed by atoms with Crippen LogP contribution < -0.4 is 10.1 Å². The van der Waals surface area contributed by atoms with E-state index in [-0.39, 0.29) is 23.9 Å². The van der Waals surface area contributed by atoms with E-state index in [2.05, 4.69) is 42.3 Å². The lowest BCUT2D eigenvalue weighted by atomic mass is 9.86. The lowest BCUT2D eigenvalue weighted by Gasteiger charge is -2.19. The zero-order valence-corrected chi connectivity index (χ0v) is 19.3. The highest BCUT2D eigenvalue weighted by atomic mass is 16.5. The fraction of sp³-hybridized carbons (Fsp3) is 0.630. The monoisotopic (exact) mass is 425 g/mol. The molecule has 2 aliphatic rings. The number of aliphatic hydroxyl groups is 2. The molecule has 6 atom stereocenters. The predicted octanol–water partition coefficient (Wildman–Crippen LogP) is 4.20. The summed E-state index contributed by atoms with van der Waals surface area (Å²) >= 11 is 0. The summed E-state index contributed by atoms with van der Waals surface area (Å²) in [6, 6.07) is 6.46. The topological polar surface area (TPSA) is 61.7 Å². The molecule has 3 N–H and O–H groups in total. The van der Waals surface area contributed by atoms with Gasteiger partial charge in [0, 0.05) is 30.2 Å². The van der Waals surface area contributed by atoms with E-state index in [1.165, 1.54) is 24.0 Å². The molecule has 1 aromatic carbocycles. The van der Waals surface area contributed by atoms with Gasteiger partial charge in [0.25, 0.3) is 0 Å². The molecule has 1 fully saturated rings. The van der Waals surface area contributed by atoms with Crippen LogP contribution in [0.15, 0.2) is 30.4 Å². The maximum atomic E-state index is 10.7. The summed E-state index contributed by atoms with van der Waals surface area (Å²) < 4.78 is 6.38. The van der Waals surface area contributed by atoms with Crippen molar-refractivity contribution in [3.05, 3.63) is 41.5 Å². The third-order valence-corrected chi connectivity index (χ3v) is 6.68. The lowest BCUT2D eigenvalue weighted by molar-refractivity contribution is 0.134. The minimum absolute atomic E-state index is 0.0209. The van der Waals surface area contributed by atoms with Crippen molar-refractivity contribution in [1.82, 2.24) is 5.32 Å². The molecule has 1 heterocycles. The Morgan fingerprint density at radius 2 is 2.13 bits per heavy atom. The van der Waals surface area contributed by atoms with Crippen molar-refractivity contribution in [3.8, 4) is 17.6 Å². The van der Waals surface area contributed by atoms with Crippen molar-refractivity contribution in [2.75, 3.05) is 13.1 Å². The number of fused-ring (bicyclic) bond motifs is 3. The summed E-state index contributed by atoms with van der Waals surface area (Å²) in [5.74, 6) is 7.16. The van der Waals surface area contributed by atoms with Gasteiger partial charge in [0.1, 0.15) is 11.9 Å². The number of aliphatic hydroxyl groups excluding tert-OH is 2. The lowest BCUT2D eigenvalue weighted by Crippen LogP contribution is -2.19. The molecule has 1 aliphatic heterocycles. The normalized spacial score (nSPS) is 26.1. The van der Waals surface area contributed by atoms with Gasteiger partial charge in [-0.1, -0.05) is 44.2 Å². The molecule has 1 saturated carbocycles. The number of para-hydroxylation sites is 1. The summed E-state index contributed by atoms with van der Waals surface area (Å²) in [4.78, 5) is 0. The highest BCUT2D eigenvalue weighted by Crippen LogP contribution is 2.52. The van der Waals surface area contributed by atoms with E-state index >= 15 is 0 Å². The van der Waals surface area contributed by atoms with Crippen LogP contribution in [0.25, 0.3) is 0 Å². The van der Waals surface area contributed by atoms with Gasteiger partial charge in [-0.2, -0.15) is 0 Å². The number of hydrogen-bond donors (Lipinski definition) is 3. The van der Waals surface area contributed by atoms with Gasteiger partial charge < -0.3 is 20.3 Å². The molecule has 1 aliphatic carbocycles. The van der Waals surface area contributed by atoms with Crippen LogP contribution in [0.1, 0.15) is 69.9 Å². The van der Waals surface area contributed by atoms with Gasteiger partial charge in [0.15, 0.2) is 0 Å². The molecular weight excluding hydrogens is 386 g/mol. The second-order valence-corrected chi connectivity index (χ2v) is 9.09. The van der Waals surface area contributed by atoms with Gasteiger partial charge in [-0.3, -0.25) is 0 Å². The Hall–Kier alpha value is -1.80. The molecule has 0 saturated heterocycles. The zero-order valence-electron chi connectivity index (χ0n) is 19.3. The van der Waals surface area contributed by atoms with Crippen molar-refractivity contribution in [1.29, 1.82) is 0 Å². The van der Waals surface area contributed by atoms with Crippen molar-refractivity contribution in [2.24, 2.45) is 11.8 Å². The molecule has 4 nitrogen and oxygen atoms in total. The molecule has 0 unspecified atom stereocenters. The van der Waals surface area contributed by atoms with E-state index in [1.807, 2.05) is 26.0 Å². The Morgan fingerprint density at radius 1 is 1.29 bits per heavy atom. The summed E-state index contributed by atoms with van der Waals surface area (Å²) in [6.07, 6.45) is 8.71. The van der Waals surface area contributed by atoms with Gasteiger partial charge in [0.05, 0.1) is 12.2 Å². The predicted molar refractivity (Wildman–Crippen MR) is 126 cm³/mol. The molecule has 170 valence electrons. The molecule has 31 heavy (non-hydrogen) atoms. The fourth-order valence-electron chi connectivity index (χ4n) is 4.85. The maximum absolute atomic E-state index is 10.7. The molecule has 4 heteroatoms. The summed E-state index contributed by atoms with van der Waals surface area (Å²) in [5, 5.41) is 24.6. The second-order valence-electron chi connectivity index (χ2n) is 9.09. The van der Waals surface area contributed by atoms with Crippen LogP contribution in [-0.2, 0) is 6.42 Å². The fourth-order valence-corrected chi connectivity index (χ4v) is 4.85. The van der Waals surface area contributed by atoms with Crippen LogP contribution >= 0.6 is 0 Å². The largest absolute Gasteiger partial charge is 0.489 e. The highest BCUT2D eigenvalue weighted by molar-refractivity contribution is 5.49. The third-order valence-electron chi connectivity index (χ3n) is 6.68. The minimum atomic E-state index is -0.554. The van der Waals surface area contributed by atoms with Crippen LogP contribution in [0, 0.1) is 23.7 Å². The number of unbranched alkanes of at least 4 members (excludes halogenated alkanes) is 1. The number of ether oxygens (including phenoxy) is 1. The number of benzene rings is 1. The summed E-state index contributed by atoms with van der Waals surface area (Å²) in [5.41, 5.74) is 2.50. The zero-order chi connectivity index (χ0) is 22.2. The number of hydrogen-bond acceptors (Lipinski definition) is 4. The van der Waals surface area contributed by atoms with Gasteiger partial charge in [0.2, 0.25) is 0 Å². The smallest absolute Gasteiger partial charge is 0.126 e. The van der Waals surface area contributed by atoms with E-state index in [0.717, 1.165) is 31.7 Å². The van der Waals surface area contributed by atoms with Crippen LogP contribution in [0.4, 0.5) is 0 Å². The van der Waals surface area contributed by atoms with E-state index in [9.17, 15) is 10.2 Å². The van der Waals surface area contributed by atoms with Gasteiger partial charge in [-0.15, -0.1) is 11.8 Å². The molecule has 0 aromatic heterocycles.